The molecule has 0 spiro atoms. The lowest BCUT2D eigenvalue weighted by atomic mass is 10.1. The number of aryl methyl sites for hydroxylation is 1. The van der Waals surface area contributed by atoms with Gasteiger partial charge in [-0.1, -0.05) is 6.07 Å². The number of likely N-dealkylation sites (N-methyl/N-ethyl adjacent to an activating group) is 1. The third-order valence-electron chi connectivity index (χ3n) is 4.85. The summed E-state index contributed by atoms with van der Waals surface area (Å²) < 4.78 is 5.34. The van der Waals surface area contributed by atoms with Crippen molar-refractivity contribution < 1.29 is 14.3 Å². The Hall–Kier alpha value is -2.93. The summed E-state index contributed by atoms with van der Waals surface area (Å²) in [5, 5.41) is 2.87. The molecule has 1 aromatic carbocycles. The highest BCUT2D eigenvalue weighted by atomic mass is 16.5. The second kappa shape index (κ2) is 9.32. The number of carbonyl (C=O) groups is 2. The molecule has 7 nitrogen and oxygen atoms in total. The molecule has 7 heteroatoms. The summed E-state index contributed by atoms with van der Waals surface area (Å²) in [6, 6.07) is 10.8. The van der Waals surface area contributed by atoms with Crippen molar-refractivity contribution in [2.45, 2.75) is 12.8 Å². The van der Waals surface area contributed by atoms with Crippen molar-refractivity contribution in [1.29, 1.82) is 0 Å². The Bertz CT molecular complexity index is 818. The van der Waals surface area contributed by atoms with Crippen LogP contribution in [0.25, 0.3) is 0 Å². The molecule has 0 bridgehead atoms. The van der Waals surface area contributed by atoms with E-state index >= 15 is 0 Å². The molecule has 1 saturated heterocycles. The SMILES string of the molecule is COc1ccc(C(=O)N2CCN(C)CC2)cc1NC(=O)CCc1ccccn1. The number of carbonyl (C=O) groups excluding carboxylic acids is 2. The predicted molar refractivity (Wildman–Crippen MR) is 108 cm³/mol. The van der Waals surface area contributed by atoms with Crippen LogP contribution in [0.15, 0.2) is 42.6 Å². The first-order valence-electron chi connectivity index (χ1n) is 9.42. The molecule has 2 amide bonds. The first-order valence-corrected chi connectivity index (χ1v) is 9.42. The second-order valence-electron chi connectivity index (χ2n) is 6.88. The van der Waals surface area contributed by atoms with E-state index in [-0.39, 0.29) is 11.8 Å². The lowest BCUT2D eigenvalue weighted by Crippen LogP contribution is -2.47. The fraction of sp³-hybridized carbons (Fsp3) is 0.381. The monoisotopic (exact) mass is 382 g/mol. The number of hydrogen-bond donors (Lipinski definition) is 1. The van der Waals surface area contributed by atoms with Crippen LogP contribution in [0.5, 0.6) is 5.75 Å². The number of methoxy groups -OCH3 is 1. The zero-order chi connectivity index (χ0) is 19.9. The zero-order valence-electron chi connectivity index (χ0n) is 16.4. The normalized spacial score (nSPS) is 14.6. The van der Waals surface area contributed by atoms with Crippen LogP contribution in [0.3, 0.4) is 0 Å². The minimum absolute atomic E-state index is 0.0280. The first kappa shape index (κ1) is 19.8. The number of aromatic nitrogens is 1. The lowest BCUT2D eigenvalue weighted by molar-refractivity contribution is -0.116. The van der Waals surface area contributed by atoms with Gasteiger partial charge in [-0.15, -0.1) is 0 Å². The Morgan fingerprint density at radius 1 is 1.14 bits per heavy atom. The Morgan fingerprint density at radius 2 is 1.93 bits per heavy atom. The van der Waals surface area contributed by atoms with Crippen LogP contribution < -0.4 is 10.1 Å². The summed E-state index contributed by atoms with van der Waals surface area (Å²) in [5.41, 5.74) is 1.92. The molecule has 3 rings (SSSR count). The van der Waals surface area contributed by atoms with Gasteiger partial charge in [0.1, 0.15) is 5.75 Å². The summed E-state index contributed by atoms with van der Waals surface area (Å²) in [5.74, 6) is 0.356. The van der Waals surface area contributed by atoms with Crippen molar-refractivity contribution in [1.82, 2.24) is 14.8 Å². The van der Waals surface area contributed by atoms with Crippen molar-refractivity contribution in [2.75, 3.05) is 45.7 Å². The van der Waals surface area contributed by atoms with Gasteiger partial charge < -0.3 is 19.9 Å². The summed E-state index contributed by atoms with van der Waals surface area (Å²) in [7, 11) is 3.59. The van der Waals surface area contributed by atoms with Crippen molar-refractivity contribution in [2.24, 2.45) is 0 Å². The third-order valence-corrected chi connectivity index (χ3v) is 4.85. The van der Waals surface area contributed by atoms with Crippen LogP contribution >= 0.6 is 0 Å². The molecule has 28 heavy (non-hydrogen) atoms. The maximum absolute atomic E-state index is 12.8. The summed E-state index contributed by atoms with van der Waals surface area (Å²) in [4.78, 5) is 33.4. The van der Waals surface area contributed by atoms with E-state index in [4.69, 9.17) is 4.74 Å². The number of amides is 2. The van der Waals surface area contributed by atoms with Gasteiger partial charge in [0.2, 0.25) is 5.91 Å². The van der Waals surface area contributed by atoms with E-state index in [0.717, 1.165) is 18.8 Å². The van der Waals surface area contributed by atoms with E-state index in [2.05, 4.69) is 15.2 Å². The quantitative estimate of drug-likeness (QED) is 0.828. The molecule has 1 N–H and O–H groups in total. The van der Waals surface area contributed by atoms with Gasteiger partial charge in [0.25, 0.3) is 5.91 Å². The number of rotatable bonds is 6. The van der Waals surface area contributed by atoms with Gasteiger partial charge >= 0.3 is 0 Å². The molecular formula is C21H26N4O3. The summed E-state index contributed by atoms with van der Waals surface area (Å²) >= 11 is 0. The number of ether oxygens (including phenoxy) is 1. The van der Waals surface area contributed by atoms with Crippen LogP contribution in [0.4, 0.5) is 5.69 Å². The Morgan fingerprint density at radius 3 is 2.61 bits per heavy atom. The molecule has 0 aliphatic carbocycles. The maximum atomic E-state index is 12.8. The number of nitrogens with zero attached hydrogens (tertiary/aromatic N) is 3. The number of pyridine rings is 1. The zero-order valence-corrected chi connectivity index (χ0v) is 16.4. The fourth-order valence-electron chi connectivity index (χ4n) is 3.13. The predicted octanol–water partition coefficient (Wildman–Crippen LogP) is 2.05. The highest BCUT2D eigenvalue weighted by molar-refractivity contribution is 5.98. The van der Waals surface area contributed by atoms with Gasteiger partial charge in [0, 0.05) is 50.1 Å². The van der Waals surface area contributed by atoms with E-state index in [0.29, 0.717) is 42.9 Å². The Labute approximate surface area is 165 Å². The largest absolute Gasteiger partial charge is 0.495 e. The van der Waals surface area contributed by atoms with Gasteiger partial charge in [0.05, 0.1) is 12.8 Å². The smallest absolute Gasteiger partial charge is 0.254 e. The van der Waals surface area contributed by atoms with Gasteiger partial charge in [-0.2, -0.15) is 0 Å². The van der Waals surface area contributed by atoms with Crippen molar-refractivity contribution in [3.8, 4) is 5.75 Å². The van der Waals surface area contributed by atoms with Crippen molar-refractivity contribution >= 4 is 17.5 Å². The molecule has 1 fully saturated rings. The number of nitrogens with one attached hydrogen (secondary N) is 1. The molecule has 148 valence electrons. The molecule has 2 aromatic rings. The molecule has 1 aliphatic heterocycles. The van der Waals surface area contributed by atoms with E-state index in [1.807, 2.05) is 30.1 Å². The van der Waals surface area contributed by atoms with Gasteiger partial charge in [0.15, 0.2) is 0 Å². The van der Waals surface area contributed by atoms with Gasteiger partial charge in [-0.25, -0.2) is 0 Å². The Kier molecular flexibility index (Phi) is 6.60. The lowest BCUT2D eigenvalue weighted by Gasteiger charge is -2.32. The van der Waals surface area contributed by atoms with E-state index in [1.54, 1.807) is 31.5 Å². The third kappa shape index (κ3) is 5.07. The van der Waals surface area contributed by atoms with E-state index < -0.39 is 0 Å². The number of anilines is 1. The molecule has 1 aliphatic rings. The summed E-state index contributed by atoms with van der Waals surface area (Å²) in [6.07, 6.45) is 2.56. The molecule has 1 aromatic heterocycles. The first-order chi connectivity index (χ1) is 13.6. The summed E-state index contributed by atoms with van der Waals surface area (Å²) in [6.45, 7) is 3.12. The highest BCUT2D eigenvalue weighted by Crippen LogP contribution is 2.26. The number of piperazine rings is 1. The number of benzene rings is 1. The fourth-order valence-corrected chi connectivity index (χ4v) is 3.13. The number of hydrogen-bond acceptors (Lipinski definition) is 5. The highest BCUT2D eigenvalue weighted by Gasteiger charge is 2.21. The average Bonchev–Trinajstić information content (AvgIpc) is 2.73. The van der Waals surface area contributed by atoms with Gasteiger partial charge in [-0.3, -0.25) is 14.6 Å². The van der Waals surface area contributed by atoms with Crippen LogP contribution in [-0.4, -0.2) is 66.9 Å². The molecular weight excluding hydrogens is 356 g/mol. The molecule has 0 atom stereocenters. The van der Waals surface area contributed by atoms with Crippen LogP contribution in [0, 0.1) is 0 Å². The standard InChI is InChI=1S/C21H26N4O3/c1-24-11-13-25(14-12-24)21(27)16-6-8-19(28-2)18(15-16)23-20(26)9-7-17-5-3-4-10-22-17/h3-6,8,10,15H,7,9,11-14H2,1-2H3,(H,23,26). The molecule has 0 unspecified atom stereocenters. The van der Waals surface area contributed by atoms with Crippen LogP contribution in [0.2, 0.25) is 0 Å². The molecule has 0 saturated carbocycles. The minimum atomic E-state index is -0.145. The van der Waals surface area contributed by atoms with Gasteiger partial charge in [-0.05, 0) is 43.8 Å². The molecule has 2 heterocycles. The molecule has 0 radical (unpaired) electrons. The van der Waals surface area contributed by atoms with Crippen molar-refractivity contribution in [3.63, 3.8) is 0 Å². The topological polar surface area (TPSA) is 74.8 Å². The Balaban J connectivity index is 1.66. The minimum Gasteiger partial charge on any atom is -0.495 e. The van der Waals surface area contributed by atoms with Crippen LogP contribution in [-0.2, 0) is 11.2 Å². The van der Waals surface area contributed by atoms with Crippen LogP contribution in [0.1, 0.15) is 22.5 Å². The van der Waals surface area contributed by atoms with Crippen molar-refractivity contribution in [3.05, 3.63) is 53.9 Å². The average molecular weight is 382 g/mol. The maximum Gasteiger partial charge on any atom is 0.254 e. The van der Waals surface area contributed by atoms with E-state index in [1.165, 1.54) is 0 Å². The van der Waals surface area contributed by atoms with E-state index in [9.17, 15) is 9.59 Å². The second-order valence-corrected chi connectivity index (χ2v) is 6.88.